The van der Waals surface area contributed by atoms with Gasteiger partial charge in [0.2, 0.25) is 0 Å². The number of benzene rings is 1. The smallest absolute Gasteiger partial charge is 0.273 e. The van der Waals surface area contributed by atoms with Crippen molar-refractivity contribution in [3.63, 3.8) is 0 Å². The largest absolute Gasteiger partial charge is 0.365 e. The molecule has 1 aliphatic heterocycles. The molecule has 1 heterocycles. The lowest BCUT2D eigenvalue weighted by atomic mass is 10.1. The summed E-state index contributed by atoms with van der Waals surface area (Å²) in [5.74, 6) is 0. The summed E-state index contributed by atoms with van der Waals surface area (Å²) in [6, 6.07) is 5.35. The molecule has 1 unspecified atom stereocenters. The van der Waals surface area contributed by atoms with Gasteiger partial charge in [-0.15, -0.1) is 0 Å². The molecule has 0 spiro atoms. The average molecular weight is 326 g/mol. The number of nitrogens with zero attached hydrogens (tertiary/aromatic N) is 3. The van der Waals surface area contributed by atoms with E-state index in [-0.39, 0.29) is 5.69 Å². The Balaban J connectivity index is 2.33. The highest BCUT2D eigenvalue weighted by molar-refractivity contribution is 9.10. The van der Waals surface area contributed by atoms with Crippen LogP contribution in [-0.4, -0.2) is 30.7 Å². The van der Waals surface area contributed by atoms with Gasteiger partial charge in [0.15, 0.2) is 6.10 Å². The molecule has 0 amide bonds. The van der Waals surface area contributed by atoms with Gasteiger partial charge in [0.1, 0.15) is 0 Å². The second-order valence-corrected chi connectivity index (χ2v) is 5.14. The van der Waals surface area contributed by atoms with Crippen LogP contribution in [0.3, 0.4) is 0 Å². The Morgan fingerprint density at radius 3 is 3.00 bits per heavy atom. The summed E-state index contributed by atoms with van der Waals surface area (Å²) < 4.78 is 5.94. The van der Waals surface area contributed by atoms with Crippen molar-refractivity contribution < 1.29 is 9.66 Å². The van der Waals surface area contributed by atoms with Gasteiger partial charge in [-0.1, -0.05) is 0 Å². The Hall–Kier alpha value is -1.65. The van der Waals surface area contributed by atoms with Gasteiger partial charge in [-0.05, 0) is 28.9 Å². The first-order valence-corrected chi connectivity index (χ1v) is 6.53. The Bertz CT molecular complexity index is 556. The molecule has 1 aromatic carbocycles. The standard InChI is InChI=1S/C12H12BrN3O3/c1-8-4-12(10(13)5-11(8)16(17)18)15-2-3-19-9(6-14)7-15/h4-5,9H,2-3,7H2,1H3. The van der Waals surface area contributed by atoms with Gasteiger partial charge in [-0.25, -0.2) is 0 Å². The van der Waals surface area contributed by atoms with E-state index < -0.39 is 11.0 Å². The lowest BCUT2D eigenvalue weighted by Crippen LogP contribution is -2.42. The Morgan fingerprint density at radius 2 is 2.37 bits per heavy atom. The van der Waals surface area contributed by atoms with E-state index in [9.17, 15) is 10.1 Å². The minimum Gasteiger partial charge on any atom is -0.365 e. The third-order valence-corrected chi connectivity index (χ3v) is 3.65. The van der Waals surface area contributed by atoms with Crippen molar-refractivity contribution in [1.82, 2.24) is 0 Å². The van der Waals surface area contributed by atoms with Crippen LogP contribution in [0.5, 0.6) is 0 Å². The van der Waals surface area contributed by atoms with Crippen molar-refractivity contribution in [2.75, 3.05) is 24.6 Å². The number of anilines is 1. The topological polar surface area (TPSA) is 79.4 Å². The normalized spacial score (nSPS) is 19.0. The molecule has 1 saturated heterocycles. The zero-order valence-electron chi connectivity index (χ0n) is 10.3. The first-order chi connectivity index (χ1) is 9.02. The molecule has 1 fully saturated rings. The quantitative estimate of drug-likeness (QED) is 0.616. The van der Waals surface area contributed by atoms with Gasteiger partial charge >= 0.3 is 0 Å². The molecule has 1 aliphatic rings. The van der Waals surface area contributed by atoms with Crippen LogP contribution in [0.25, 0.3) is 0 Å². The van der Waals surface area contributed by atoms with Gasteiger partial charge in [0.25, 0.3) is 5.69 Å². The Kier molecular flexibility index (Phi) is 4.02. The van der Waals surface area contributed by atoms with Crippen LogP contribution in [0.2, 0.25) is 0 Å². The van der Waals surface area contributed by atoms with Crippen LogP contribution in [0.4, 0.5) is 11.4 Å². The lowest BCUT2D eigenvalue weighted by Gasteiger charge is -2.32. The fourth-order valence-corrected chi connectivity index (χ4v) is 2.62. The molecule has 0 bridgehead atoms. The molecule has 0 aliphatic carbocycles. The average Bonchev–Trinajstić information content (AvgIpc) is 2.40. The summed E-state index contributed by atoms with van der Waals surface area (Å²) in [6.07, 6.45) is -0.462. The van der Waals surface area contributed by atoms with Crippen LogP contribution < -0.4 is 4.90 Å². The molecule has 0 N–H and O–H groups in total. The van der Waals surface area contributed by atoms with Crippen LogP contribution in [-0.2, 0) is 4.74 Å². The summed E-state index contributed by atoms with van der Waals surface area (Å²) in [5, 5.41) is 19.8. The number of hydrogen-bond acceptors (Lipinski definition) is 5. The fraction of sp³-hybridized carbons (Fsp3) is 0.417. The number of morpholine rings is 1. The first-order valence-electron chi connectivity index (χ1n) is 5.73. The molecule has 6 nitrogen and oxygen atoms in total. The van der Waals surface area contributed by atoms with Gasteiger partial charge in [-0.2, -0.15) is 5.26 Å². The second-order valence-electron chi connectivity index (χ2n) is 4.28. The molecule has 19 heavy (non-hydrogen) atoms. The molecule has 0 radical (unpaired) electrons. The van der Waals surface area contributed by atoms with E-state index in [2.05, 4.69) is 22.0 Å². The summed E-state index contributed by atoms with van der Waals surface area (Å²) in [5.41, 5.74) is 1.54. The van der Waals surface area contributed by atoms with Crippen molar-refractivity contribution >= 4 is 27.3 Å². The minimum absolute atomic E-state index is 0.0840. The van der Waals surface area contributed by atoms with Gasteiger partial charge in [-0.3, -0.25) is 10.1 Å². The van der Waals surface area contributed by atoms with Crippen molar-refractivity contribution in [3.05, 3.63) is 32.3 Å². The van der Waals surface area contributed by atoms with Gasteiger partial charge < -0.3 is 9.64 Å². The Labute approximate surface area is 118 Å². The Morgan fingerprint density at radius 1 is 1.63 bits per heavy atom. The number of rotatable bonds is 2. The third-order valence-electron chi connectivity index (χ3n) is 3.01. The second kappa shape index (κ2) is 5.55. The summed E-state index contributed by atoms with van der Waals surface area (Å²) >= 11 is 3.36. The molecule has 0 aromatic heterocycles. The predicted octanol–water partition coefficient (Wildman–Crippen LogP) is 2.39. The van der Waals surface area contributed by atoms with Crippen molar-refractivity contribution in [3.8, 4) is 6.07 Å². The first kappa shape index (κ1) is 13.8. The van der Waals surface area contributed by atoms with Crippen molar-refractivity contribution in [2.24, 2.45) is 0 Å². The number of halogens is 1. The molecule has 100 valence electrons. The van der Waals surface area contributed by atoms with E-state index in [1.807, 2.05) is 4.90 Å². The third kappa shape index (κ3) is 2.85. The minimum atomic E-state index is -0.462. The van der Waals surface area contributed by atoms with E-state index in [1.54, 1.807) is 13.0 Å². The summed E-state index contributed by atoms with van der Waals surface area (Å²) in [7, 11) is 0. The zero-order valence-corrected chi connectivity index (χ0v) is 11.9. The van der Waals surface area contributed by atoms with Crippen molar-refractivity contribution in [1.29, 1.82) is 5.26 Å². The molecule has 1 aromatic rings. The number of aryl methyl sites for hydroxylation is 1. The summed E-state index contributed by atoms with van der Waals surface area (Å²) in [6.45, 7) is 3.30. The highest BCUT2D eigenvalue weighted by atomic mass is 79.9. The van der Waals surface area contributed by atoms with E-state index in [1.165, 1.54) is 6.07 Å². The number of ether oxygens (including phenoxy) is 1. The molecule has 7 heteroatoms. The van der Waals surface area contributed by atoms with E-state index >= 15 is 0 Å². The number of hydrogen-bond donors (Lipinski definition) is 0. The van der Waals surface area contributed by atoms with Crippen LogP contribution in [0.15, 0.2) is 16.6 Å². The maximum absolute atomic E-state index is 10.9. The fourth-order valence-electron chi connectivity index (χ4n) is 2.04. The maximum Gasteiger partial charge on any atom is 0.273 e. The summed E-state index contributed by atoms with van der Waals surface area (Å²) in [4.78, 5) is 12.5. The molecular weight excluding hydrogens is 314 g/mol. The predicted molar refractivity (Wildman–Crippen MR) is 73.1 cm³/mol. The maximum atomic E-state index is 10.9. The van der Waals surface area contributed by atoms with E-state index in [0.29, 0.717) is 29.7 Å². The van der Waals surface area contributed by atoms with E-state index in [4.69, 9.17) is 10.00 Å². The highest BCUT2D eigenvalue weighted by Crippen LogP contribution is 2.33. The van der Waals surface area contributed by atoms with Crippen LogP contribution in [0, 0.1) is 28.4 Å². The van der Waals surface area contributed by atoms with Crippen LogP contribution >= 0.6 is 15.9 Å². The monoisotopic (exact) mass is 325 g/mol. The van der Waals surface area contributed by atoms with E-state index in [0.717, 1.165) is 5.69 Å². The van der Waals surface area contributed by atoms with Crippen molar-refractivity contribution in [2.45, 2.75) is 13.0 Å². The molecule has 2 rings (SSSR count). The zero-order chi connectivity index (χ0) is 14.0. The highest BCUT2D eigenvalue weighted by Gasteiger charge is 2.23. The number of nitriles is 1. The van der Waals surface area contributed by atoms with Gasteiger partial charge in [0, 0.05) is 22.6 Å². The SMILES string of the molecule is Cc1cc(N2CCOC(C#N)C2)c(Br)cc1[N+](=O)[O-]. The lowest BCUT2D eigenvalue weighted by molar-refractivity contribution is -0.385. The van der Waals surface area contributed by atoms with Gasteiger partial charge in [0.05, 0.1) is 29.8 Å². The number of nitro benzene ring substituents is 1. The molecule has 1 atom stereocenters. The van der Waals surface area contributed by atoms with Crippen LogP contribution in [0.1, 0.15) is 5.56 Å². The number of nitro groups is 1. The molecule has 0 saturated carbocycles. The molecular formula is C12H12BrN3O3.